The molecule has 0 bridgehead atoms. The molecule has 0 radical (unpaired) electrons. The van der Waals surface area contributed by atoms with Crippen LogP contribution in [0.2, 0.25) is 0 Å². The van der Waals surface area contributed by atoms with Gasteiger partial charge in [-0.3, -0.25) is 0 Å². The summed E-state index contributed by atoms with van der Waals surface area (Å²) in [5.41, 5.74) is 2.82. The van der Waals surface area contributed by atoms with Gasteiger partial charge in [0.25, 0.3) is 0 Å². The summed E-state index contributed by atoms with van der Waals surface area (Å²) in [4.78, 5) is 10.8. The van der Waals surface area contributed by atoms with Gasteiger partial charge in [0.2, 0.25) is 0 Å². The highest BCUT2D eigenvalue weighted by Gasteiger charge is 2.06. The molecule has 3 nitrogen and oxygen atoms in total. The number of benzene rings is 1. The maximum absolute atomic E-state index is 10.8. The van der Waals surface area contributed by atoms with Crippen molar-refractivity contribution in [2.75, 3.05) is 0 Å². The van der Waals surface area contributed by atoms with Gasteiger partial charge >= 0.3 is 5.97 Å². The molecule has 0 saturated heterocycles. The molecule has 0 atom stereocenters. The van der Waals surface area contributed by atoms with Gasteiger partial charge in [0.15, 0.2) is 0 Å². The maximum Gasteiger partial charge on any atom is 0.335 e. The molecule has 16 heavy (non-hydrogen) atoms. The molecule has 0 fully saturated rings. The number of hydrogen-bond donors (Lipinski definition) is 2. The highest BCUT2D eigenvalue weighted by molar-refractivity contribution is 5.91. The molecule has 0 heterocycles. The normalized spacial score (nSPS) is 10.9. The molecule has 1 aromatic carbocycles. The van der Waals surface area contributed by atoms with Crippen LogP contribution in [0.15, 0.2) is 36.9 Å². The Bertz CT molecular complexity index is 473. The van der Waals surface area contributed by atoms with Crippen LogP contribution in [-0.2, 0) is 0 Å². The van der Waals surface area contributed by atoms with E-state index >= 15 is 0 Å². The van der Waals surface area contributed by atoms with E-state index in [1.807, 2.05) is 6.92 Å². The second kappa shape index (κ2) is 5.07. The molecule has 82 valence electrons. The largest absolute Gasteiger partial charge is 0.478 e. The van der Waals surface area contributed by atoms with E-state index in [9.17, 15) is 4.79 Å². The van der Waals surface area contributed by atoms with Crippen molar-refractivity contribution in [3.8, 4) is 0 Å². The molecule has 0 aliphatic rings. The summed E-state index contributed by atoms with van der Waals surface area (Å²) in [6.45, 7) is 5.50. The third-order valence-corrected chi connectivity index (χ3v) is 2.27. The Hall–Kier alpha value is -2.16. The lowest BCUT2D eigenvalue weighted by Gasteiger charge is -2.07. The van der Waals surface area contributed by atoms with Crippen LogP contribution < -0.4 is 0 Å². The van der Waals surface area contributed by atoms with Crippen LogP contribution in [0.4, 0.5) is 0 Å². The molecule has 0 aromatic heterocycles. The molecule has 0 aliphatic heterocycles. The van der Waals surface area contributed by atoms with E-state index in [-0.39, 0.29) is 5.56 Å². The van der Waals surface area contributed by atoms with Gasteiger partial charge in [-0.1, -0.05) is 18.7 Å². The Labute approximate surface area is 94.2 Å². The van der Waals surface area contributed by atoms with Crippen LogP contribution in [0.5, 0.6) is 0 Å². The van der Waals surface area contributed by atoms with Crippen molar-refractivity contribution < 1.29 is 9.90 Å². The predicted molar refractivity (Wildman–Crippen MR) is 65.1 cm³/mol. The zero-order valence-electron chi connectivity index (χ0n) is 9.03. The summed E-state index contributed by atoms with van der Waals surface area (Å²) in [6, 6.07) is 4.89. The minimum Gasteiger partial charge on any atom is -0.478 e. The first-order valence-corrected chi connectivity index (χ1v) is 4.77. The first-order chi connectivity index (χ1) is 7.60. The van der Waals surface area contributed by atoms with Gasteiger partial charge in [-0.15, -0.1) is 0 Å². The van der Waals surface area contributed by atoms with Crippen LogP contribution in [-0.4, -0.2) is 17.3 Å². The van der Waals surface area contributed by atoms with Crippen molar-refractivity contribution in [2.24, 2.45) is 0 Å². The fourth-order valence-corrected chi connectivity index (χ4v) is 1.48. The summed E-state index contributed by atoms with van der Waals surface area (Å²) in [5.74, 6) is -0.939. The molecule has 2 N–H and O–H groups in total. The van der Waals surface area contributed by atoms with Gasteiger partial charge in [0, 0.05) is 6.21 Å². The first-order valence-electron chi connectivity index (χ1n) is 4.77. The topological polar surface area (TPSA) is 61.2 Å². The molecular weight excluding hydrogens is 202 g/mol. The van der Waals surface area contributed by atoms with Crippen molar-refractivity contribution in [1.82, 2.24) is 0 Å². The number of hydrogen-bond acceptors (Lipinski definition) is 2. The summed E-state index contributed by atoms with van der Waals surface area (Å²) in [5, 5.41) is 15.9. The number of rotatable bonds is 4. The van der Waals surface area contributed by atoms with Gasteiger partial charge in [0.05, 0.1) is 5.56 Å². The number of allylic oxidation sites excluding steroid dienone is 3. The Morgan fingerprint density at radius 2 is 2.19 bits per heavy atom. The van der Waals surface area contributed by atoms with Crippen molar-refractivity contribution in [3.63, 3.8) is 0 Å². The highest BCUT2D eigenvalue weighted by Crippen LogP contribution is 2.20. The molecule has 0 spiro atoms. The lowest BCUT2D eigenvalue weighted by atomic mass is 9.98. The Balaban J connectivity index is 3.26. The second-order valence-corrected chi connectivity index (χ2v) is 3.33. The highest BCUT2D eigenvalue weighted by atomic mass is 16.4. The molecule has 1 rings (SSSR count). The van der Waals surface area contributed by atoms with Crippen molar-refractivity contribution >= 4 is 17.8 Å². The standard InChI is InChI=1S/C13H13NO2/c1-3-10(6-7-14)12-5-4-11(13(15)16)8-9(12)2/h3-8,14H,1H2,2H3,(H,15,16)/b10-6+,14-7?. The van der Waals surface area contributed by atoms with Crippen LogP contribution in [0.3, 0.4) is 0 Å². The summed E-state index contributed by atoms with van der Waals surface area (Å²) >= 11 is 0. The van der Waals surface area contributed by atoms with E-state index in [1.165, 1.54) is 6.21 Å². The minimum absolute atomic E-state index is 0.263. The fraction of sp³-hybridized carbons (Fsp3) is 0.0769. The summed E-state index contributed by atoms with van der Waals surface area (Å²) < 4.78 is 0. The Kier molecular flexibility index (Phi) is 3.78. The number of aryl methyl sites for hydroxylation is 1. The van der Waals surface area contributed by atoms with Crippen molar-refractivity contribution in [1.29, 1.82) is 5.41 Å². The third-order valence-electron chi connectivity index (χ3n) is 2.27. The Morgan fingerprint density at radius 1 is 1.50 bits per heavy atom. The van der Waals surface area contributed by atoms with Gasteiger partial charge in [-0.25, -0.2) is 4.79 Å². The number of carbonyl (C=O) groups is 1. The fourth-order valence-electron chi connectivity index (χ4n) is 1.48. The predicted octanol–water partition coefficient (Wildman–Crippen LogP) is 2.91. The van der Waals surface area contributed by atoms with E-state index in [4.69, 9.17) is 10.5 Å². The summed E-state index contributed by atoms with van der Waals surface area (Å²) in [6.07, 6.45) is 4.45. The summed E-state index contributed by atoms with van der Waals surface area (Å²) in [7, 11) is 0. The third kappa shape index (κ3) is 2.45. The average Bonchev–Trinajstić information content (AvgIpc) is 2.26. The van der Waals surface area contributed by atoms with E-state index < -0.39 is 5.97 Å². The molecule has 3 heteroatoms. The number of nitrogens with one attached hydrogen (secondary N) is 1. The van der Waals surface area contributed by atoms with Crippen LogP contribution >= 0.6 is 0 Å². The maximum atomic E-state index is 10.8. The zero-order valence-corrected chi connectivity index (χ0v) is 9.03. The quantitative estimate of drug-likeness (QED) is 0.599. The van der Waals surface area contributed by atoms with E-state index in [2.05, 4.69) is 6.58 Å². The van der Waals surface area contributed by atoms with Crippen molar-refractivity contribution in [2.45, 2.75) is 6.92 Å². The molecule has 0 aliphatic carbocycles. The molecular formula is C13H13NO2. The van der Waals surface area contributed by atoms with Gasteiger partial charge in [-0.2, -0.15) is 0 Å². The molecule has 0 amide bonds. The second-order valence-electron chi connectivity index (χ2n) is 3.33. The minimum atomic E-state index is -0.939. The lowest BCUT2D eigenvalue weighted by molar-refractivity contribution is 0.0697. The first kappa shape index (κ1) is 11.9. The number of aromatic carboxylic acids is 1. The Morgan fingerprint density at radius 3 is 2.62 bits per heavy atom. The molecule has 0 unspecified atom stereocenters. The van der Waals surface area contributed by atoms with Gasteiger partial charge in [0.1, 0.15) is 0 Å². The SMILES string of the molecule is C=C/C(=C\C=N)c1ccc(C(=O)O)cc1C. The van der Waals surface area contributed by atoms with Gasteiger partial charge < -0.3 is 10.5 Å². The number of carboxylic acid groups (broad SMARTS) is 1. The van der Waals surface area contributed by atoms with Gasteiger partial charge in [-0.05, 0) is 41.8 Å². The van der Waals surface area contributed by atoms with E-state index in [0.29, 0.717) is 0 Å². The van der Waals surface area contributed by atoms with Crippen LogP contribution in [0, 0.1) is 12.3 Å². The molecule has 1 aromatic rings. The van der Waals surface area contributed by atoms with Crippen LogP contribution in [0.1, 0.15) is 21.5 Å². The monoisotopic (exact) mass is 215 g/mol. The van der Waals surface area contributed by atoms with Crippen molar-refractivity contribution in [3.05, 3.63) is 53.6 Å². The zero-order chi connectivity index (χ0) is 12.1. The van der Waals surface area contributed by atoms with E-state index in [1.54, 1.807) is 30.4 Å². The lowest BCUT2D eigenvalue weighted by Crippen LogP contribution is -1.98. The van der Waals surface area contributed by atoms with E-state index in [0.717, 1.165) is 16.7 Å². The number of carboxylic acids is 1. The smallest absolute Gasteiger partial charge is 0.335 e. The molecule has 0 saturated carbocycles. The average molecular weight is 215 g/mol. The van der Waals surface area contributed by atoms with Crippen LogP contribution in [0.25, 0.3) is 5.57 Å².